The molecule has 30 heavy (non-hydrogen) atoms. The average Bonchev–Trinajstić information content (AvgIpc) is 3.10. The molecule has 2 aliphatic rings. The Morgan fingerprint density at radius 1 is 1.17 bits per heavy atom. The Labute approximate surface area is 179 Å². The fourth-order valence-electron chi connectivity index (χ4n) is 4.08. The maximum Gasteiger partial charge on any atom is 0.321 e. The number of amides is 3. The number of piperidine rings is 1. The molecule has 4 rings (SSSR count). The molecule has 1 aromatic heterocycles. The van der Waals surface area contributed by atoms with Crippen LogP contribution in [-0.2, 0) is 11.2 Å². The minimum atomic E-state index is -0.298. The van der Waals surface area contributed by atoms with E-state index >= 15 is 0 Å². The van der Waals surface area contributed by atoms with Crippen molar-refractivity contribution in [3.8, 4) is 0 Å². The number of thiazole rings is 1. The van der Waals surface area contributed by atoms with Crippen molar-refractivity contribution in [3.63, 3.8) is 0 Å². The predicted molar refractivity (Wildman–Crippen MR) is 117 cm³/mol. The molecule has 158 valence electrons. The van der Waals surface area contributed by atoms with Gasteiger partial charge in [-0.1, -0.05) is 43.4 Å². The molecule has 2 N–H and O–H groups in total. The molecule has 2 heterocycles. The highest BCUT2D eigenvalue weighted by molar-refractivity contribution is 7.17. The van der Waals surface area contributed by atoms with Crippen LogP contribution >= 0.6 is 11.3 Å². The smallest absolute Gasteiger partial charge is 0.321 e. The third-order valence-electron chi connectivity index (χ3n) is 5.57. The van der Waals surface area contributed by atoms with Gasteiger partial charge in [-0.2, -0.15) is 0 Å². The number of urea groups is 1. The number of hydrogen-bond acceptors (Lipinski definition) is 5. The summed E-state index contributed by atoms with van der Waals surface area (Å²) in [5.74, 6) is -0.348. The number of carbonyl (C=O) groups excluding carboxylic acids is 3. The molecule has 1 fully saturated rings. The molecule has 2 aromatic rings. The molecule has 1 unspecified atom stereocenters. The Bertz CT molecular complexity index is 970. The molecule has 1 aliphatic heterocycles. The first kappa shape index (κ1) is 20.5. The van der Waals surface area contributed by atoms with E-state index in [2.05, 4.69) is 29.5 Å². The van der Waals surface area contributed by atoms with Crippen LogP contribution in [0.3, 0.4) is 0 Å². The summed E-state index contributed by atoms with van der Waals surface area (Å²) < 4.78 is 0. The van der Waals surface area contributed by atoms with Crippen molar-refractivity contribution in [2.24, 2.45) is 11.3 Å². The van der Waals surface area contributed by atoms with Crippen LogP contribution in [0.15, 0.2) is 30.3 Å². The number of carbonyl (C=O) groups is 3. The maximum atomic E-state index is 12.8. The van der Waals surface area contributed by atoms with E-state index in [0.717, 1.165) is 30.6 Å². The number of para-hydroxylation sites is 1. The number of nitrogens with zero attached hydrogens (tertiary/aromatic N) is 2. The Morgan fingerprint density at radius 2 is 1.93 bits per heavy atom. The molecule has 7 nitrogen and oxygen atoms in total. The molecular weight excluding hydrogens is 400 g/mol. The fourth-order valence-corrected chi connectivity index (χ4v) is 5.00. The largest absolute Gasteiger partial charge is 0.324 e. The molecular formula is C22H26N4O3S. The van der Waals surface area contributed by atoms with Crippen molar-refractivity contribution >= 4 is 39.9 Å². The normalized spacial score (nSPS) is 20.4. The zero-order valence-corrected chi connectivity index (χ0v) is 18.1. The standard InChI is InChI=1S/C22H26N4O3S/c1-22(2)11-16-18(17(27)12-22)30-20(24-16)25-19(28)14-7-6-10-26(13-14)21(29)23-15-8-4-3-5-9-15/h3-5,8-9,14H,6-7,10-13H2,1-2H3,(H,23,29)(H,24,25,28). The highest BCUT2D eigenvalue weighted by Crippen LogP contribution is 2.38. The number of fused-ring (bicyclic) bond motifs is 1. The van der Waals surface area contributed by atoms with Crippen LogP contribution in [0, 0.1) is 11.3 Å². The average molecular weight is 427 g/mol. The van der Waals surface area contributed by atoms with Crippen LogP contribution in [-0.4, -0.2) is 40.7 Å². The summed E-state index contributed by atoms with van der Waals surface area (Å²) in [5, 5.41) is 6.23. The van der Waals surface area contributed by atoms with E-state index < -0.39 is 0 Å². The van der Waals surface area contributed by atoms with Crippen molar-refractivity contribution in [2.75, 3.05) is 23.7 Å². The molecule has 1 saturated heterocycles. The summed E-state index contributed by atoms with van der Waals surface area (Å²) in [6.07, 6.45) is 2.72. The van der Waals surface area contributed by atoms with E-state index in [1.54, 1.807) is 4.90 Å². The van der Waals surface area contributed by atoms with Gasteiger partial charge < -0.3 is 15.5 Å². The van der Waals surface area contributed by atoms with E-state index in [4.69, 9.17) is 0 Å². The number of Topliss-reactive ketones (excluding diaryl/α,β-unsaturated/α-hetero) is 1. The van der Waals surface area contributed by atoms with Crippen LogP contribution in [0.2, 0.25) is 0 Å². The van der Waals surface area contributed by atoms with Gasteiger partial charge in [0, 0.05) is 25.2 Å². The van der Waals surface area contributed by atoms with Crippen LogP contribution in [0.1, 0.15) is 48.5 Å². The Kier molecular flexibility index (Phi) is 5.60. The van der Waals surface area contributed by atoms with E-state index in [0.29, 0.717) is 29.5 Å². The maximum absolute atomic E-state index is 12.8. The van der Waals surface area contributed by atoms with Gasteiger partial charge in [0.05, 0.1) is 16.5 Å². The highest BCUT2D eigenvalue weighted by atomic mass is 32.1. The quantitative estimate of drug-likeness (QED) is 0.770. The van der Waals surface area contributed by atoms with Crippen molar-refractivity contribution in [1.82, 2.24) is 9.88 Å². The number of anilines is 2. The van der Waals surface area contributed by atoms with Gasteiger partial charge in [-0.3, -0.25) is 9.59 Å². The Morgan fingerprint density at radius 3 is 2.70 bits per heavy atom. The molecule has 8 heteroatoms. The summed E-state index contributed by atoms with van der Waals surface area (Å²) in [7, 11) is 0. The van der Waals surface area contributed by atoms with Crippen LogP contribution in [0.25, 0.3) is 0 Å². The number of hydrogen-bond donors (Lipinski definition) is 2. The van der Waals surface area contributed by atoms with Gasteiger partial charge in [0.2, 0.25) is 5.91 Å². The third-order valence-corrected chi connectivity index (χ3v) is 6.62. The van der Waals surface area contributed by atoms with Gasteiger partial charge in [0.15, 0.2) is 10.9 Å². The topological polar surface area (TPSA) is 91.4 Å². The number of nitrogens with one attached hydrogen (secondary N) is 2. The Balaban J connectivity index is 1.38. The lowest BCUT2D eigenvalue weighted by molar-refractivity contribution is -0.121. The summed E-state index contributed by atoms with van der Waals surface area (Å²) in [4.78, 5) is 44.6. The Hall–Kier alpha value is -2.74. The molecule has 0 saturated carbocycles. The molecule has 0 bridgehead atoms. The minimum absolute atomic E-state index is 0.0978. The first-order chi connectivity index (χ1) is 14.3. The van der Waals surface area contributed by atoms with Gasteiger partial charge in [-0.05, 0) is 36.8 Å². The number of ketones is 1. The monoisotopic (exact) mass is 426 g/mol. The lowest BCUT2D eigenvalue weighted by atomic mass is 9.78. The van der Waals surface area contributed by atoms with E-state index in [1.807, 2.05) is 30.3 Å². The zero-order valence-electron chi connectivity index (χ0n) is 17.2. The molecule has 0 spiro atoms. The van der Waals surface area contributed by atoms with Crippen LogP contribution in [0.5, 0.6) is 0 Å². The highest BCUT2D eigenvalue weighted by Gasteiger charge is 2.35. The molecule has 0 radical (unpaired) electrons. The lowest BCUT2D eigenvalue weighted by Crippen LogP contribution is -2.45. The van der Waals surface area contributed by atoms with Gasteiger partial charge in [0.1, 0.15) is 0 Å². The van der Waals surface area contributed by atoms with Gasteiger partial charge >= 0.3 is 6.03 Å². The van der Waals surface area contributed by atoms with E-state index in [-0.39, 0.29) is 29.1 Å². The molecule has 1 aromatic carbocycles. The number of likely N-dealkylation sites (tertiary alicyclic amines) is 1. The molecule has 3 amide bonds. The number of aromatic nitrogens is 1. The predicted octanol–water partition coefficient (Wildman–Crippen LogP) is 4.18. The lowest BCUT2D eigenvalue weighted by Gasteiger charge is -2.31. The van der Waals surface area contributed by atoms with Gasteiger partial charge in [0.25, 0.3) is 0 Å². The first-order valence-electron chi connectivity index (χ1n) is 10.3. The van der Waals surface area contributed by atoms with E-state index in [9.17, 15) is 14.4 Å². The number of benzene rings is 1. The van der Waals surface area contributed by atoms with Crippen molar-refractivity contribution < 1.29 is 14.4 Å². The van der Waals surface area contributed by atoms with Crippen LogP contribution < -0.4 is 10.6 Å². The van der Waals surface area contributed by atoms with Gasteiger partial charge in [-0.15, -0.1) is 0 Å². The first-order valence-corrected chi connectivity index (χ1v) is 11.1. The second-order valence-corrected chi connectivity index (χ2v) is 9.81. The second kappa shape index (κ2) is 8.18. The minimum Gasteiger partial charge on any atom is -0.324 e. The van der Waals surface area contributed by atoms with Crippen molar-refractivity contribution in [3.05, 3.63) is 40.9 Å². The van der Waals surface area contributed by atoms with Crippen molar-refractivity contribution in [2.45, 2.75) is 39.5 Å². The SMILES string of the molecule is CC1(C)CC(=O)c2sc(NC(=O)C3CCCN(C(=O)Nc4ccccc4)C3)nc2C1. The number of rotatable bonds is 3. The van der Waals surface area contributed by atoms with E-state index in [1.165, 1.54) is 11.3 Å². The fraction of sp³-hybridized carbons (Fsp3) is 0.455. The third kappa shape index (κ3) is 4.53. The summed E-state index contributed by atoms with van der Waals surface area (Å²) in [6, 6.07) is 9.08. The van der Waals surface area contributed by atoms with Gasteiger partial charge in [-0.25, -0.2) is 9.78 Å². The van der Waals surface area contributed by atoms with Crippen molar-refractivity contribution in [1.29, 1.82) is 0 Å². The van der Waals surface area contributed by atoms with Crippen LogP contribution in [0.4, 0.5) is 15.6 Å². The zero-order chi connectivity index (χ0) is 21.3. The summed E-state index contributed by atoms with van der Waals surface area (Å²) in [5.41, 5.74) is 1.41. The molecule has 1 atom stereocenters. The summed E-state index contributed by atoms with van der Waals surface area (Å²) in [6.45, 7) is 5.10. The molecule has 1 aliphatic carbocycles. The second-order valence-electron chi connectivity index (χ2n) is 8.81. The summed E-state index contributed by atoms with van der Waals surface area (Å²) >= 11 is 1.26.